The van der Waals surface area contributed by atoms with E-state index in [4.69, 9.17) is 0 Å². The smallest absolute Gasteiger partial charge is 0.246 e. The maximum Gasteiger partial charge on any atom is 0.246 e. The first-order chi connectivity index (χ1) is 9.31. The molecule has 0 amide bonds. The van der Waals surface area contributed by atoms with Gasteiger partial charge in [0.1, 0.15) is 17.5 Å². The monoisotopic (exact) mass is 308 g/mol. The quantitative estimate of drug-likeness (QED) is 0.887. The van der Waals surface area contributed by atoms with Crippen LogP contribution in [0.2, 0.25) is 0 Å². The molecule has 1 saturated heterocycles. The van der Waals surface area contributed by atoms with E-state index in [1.165, 1.54) is 0 Å². The van der Waals surface area contributed by atoms with Gasteiger partial charge in [0.2, 0.25) is 10.0 Å². The second kappa shape index (κ2) is 5.71. The molecule has 4 nitrogen and oxygen atoms in total. The van der Waals surface area contributed by atoms with Crippen LogP contribution in [0.5, 0.6) is 0 Å². The number of halogens is 3. The fraction of sp³-hybridized carbons (Fsp3) is 0.500. The van der Waals surface area contributed by atoms with E-state index in [9.17, 15) is 21.6 Å². The molecule has 0 unspecified atom stereocenters. The topological polar surface area (TPSA) is 58.2 Å². The first kappa shape index (κ1) is 15.3. The third kappa shape index (κ3) is 3.13. The second-order valence-corrected chi connectivity index (χ2v) is 6.55. The highest BCUT2D eigenvalue weighted by Gasteiger charge is 2.30. The molecule has 1 aliphatic heterocycles. The van der Waals surface area contributed by atoms with Gasteiger partial charge in [0.05, 0.1) is 0 Å². The fourth-order valence-electron chi connectivity index (χ4n) is 2.19. The van der Waals surface area contributed by atoms with Gasteiger partial charge in [-0.15, -0.1) is 0 Å². The molecule has 1 fully saturated rings. The minimum absolute atomic E-state index is 0.0394. The van der Waals surface area contributed by atoms with Gasteiger partial charge >= 0.3 is 0 Å². The normalized spacial score (nSPS) is 23.8. The van der Waals surface area contributed by atoms with E-state index in [0.717, 1.165) is 13.0 Å². The van der Waals surface area contributed by atoms with Gasteiger partial charge in [0.25, 0.3) is 0 Å². The van der Waals surface area contributed by atoms with Crippen molar-refractivity contribution in [1.29, 1.82) is 0 Å². The van der Waals surface area contributed by atoms with Crippen LogP contribution in [0, 0.1) is 23.4 Å². The van der Waals surface area contributed by atoms with Crippen LogP contribution in [-0.4, -0.2) is 27.5 Å². The first-order valence-corrected chi connectivity index (χ1v) is 7.67. The van der Waals surface area contributed by atoms with Crippen molar-refractivity contribution in [2.45, 2.75) is 24.3 Å². The van der Waals surface area contributed by atoms with Gasteiger partial charge in [0.15, 0.2) is 4.90 Å². The minimum Gasteiger partial charge on any atom is -0.315 e. The third-order valence-corrected chi connectivity index (χ3v) is 4.91. The summed E-state index contributed by atoms with van der Waals surface area (Å²) in [6, 6.07) is 0.234. The number of hydrogen-bond acceptors (Lipinski definition) is 3. The van der Waals surface area contributed by atoms with Gasteiger partial charge in [-0.05, 0) is 18.9 Å². The molecule has 2 N–H and O–H groups in total. The Morgan fingerprint density at radius 2 is 1.85 bits per heavy atom. The number of sulfonamides is 1. The number of piperidine rings is 1. The molecule has 1 aromatic carbocycles. The van der Waals surface area contributed by atoms with Crippen LogP contribution in [0.15, 0.2) is 17.0 Å². The minimum atomic E-state index is -4.38. The van der Waals surface area contributed by atoms with E-state index in [1.54, 1.807) is 0 Å². The van der Waals surface area contributed by atoms with Crippen LogP contribution >= 0.6 is 0 Å². The van der Waals surface area contributed by atoms with Crippen molar-refractivity contribution >= 4 is 10.0 Å². The standard InChI is InChI=1S/C12H15F3N2O2S/c1-7-2-3-16-6-11(7)17-20(18,19)12-9(14)4-8(13)5-10(12)15/h4-5,7,11,16-17H,2-3,6H2,1H3/t7-,11+/m1/s1. The second-order valence-electron chi connectivity index (χ2n) is 4.90. The average Bonchev–Trinajstić information content (AvgIpc) is 2.30. The number of nitrogens with one attached hydrogen (secondary N) is 2. The predicted molar refractivity (Wildman–Crippen MR) is 67.1 cm³/mol. The lowest BCUT2D eigenvalue weighted by atomic mass is 9.96. The van der Waals surface area contributed by atoms with Crippen molar-refractivity contribution in [1.82, 2.24) is 10.0 Å². The summed E-state index contributed by atoms with van der Waals surface area (Å²) in [4.78, 5) is -1.14. The molecule has 112 valence electrons. The first-order valence-electron chi connectivity index (χ1n) is 6.19. The van der Waals surface area contributed by atoms with Crippen molar-refractivity contribution < 1.29 is 21.6 Å². The molecular weight excluding hydrogens is 293 g/mol. The highest BCUT2D eigenvalue weighted by Crippen LogP contribution is 2.22. The zero-order valence-electron chi connectivity index (χ0n) is 10.8. The van der Waals surface area contributed by atoms with Gasteiger partial charge in [0, 0.05) is 24.7 Å². The van der Waals surface area contributed by atoms with Crippen molar-refractivity contribution in [3.8, 4) is 0 Å². The zero-order valence-corrected chi connectivity index (χ0v) is 11.6. The van der Waals surface area contributed by atoms with E-state index in [2.05, 4.69) is 10.0 Å². The summed E-state index contributed by atoms with van der Waals surface area (Å²) in [6.45, 7) is 2.99. The summed E-state index contributed by atoms with van der Waals surface area (Å²) >= 11 is 0. The lowest BCUT2D eigenvalue weighted by molar-refractivity contribution is 0.326. The Hall–Kier alpha value is -1.12. The molecule has 2 atom stereocenters. The van der Waals surface area contributed by atoms with Gasteiger partial charge in [-0.25, -0.2) is 26.3 Å². The Bertz CT molecular complexity index is 584. The molecule has 0 aromatic heterocycles. The molecule has 8 heteroatoms. The van der Waals surface area contributed by atoms with Crippen molar-refractivity contribution in [3.05, 3.63) is 29.6 Å². The maximum absolute atomic E-state index is 13.5. The van der Waals surface area contributed by atoms with Crippen LogP contribution in [0.1, 0.15) is 13.3 Å². The summed E-state index contributed by atoms with van der Waals surface area (Å²) in [6.07, 6.45) is 0.752. The molecule has 2 rings (SSSR count). The summed E-state index contributed by atoms with van der Waals surface area (Å²) in [7, 11) is -4.38. The summed E-state index contributed by atoms with van der Waals surface area (Å²) in [5, 5.41) is 3.00. The summed E-state index contributed by atoms with van der Waals surface area (Å²) in [5.74, 6) is -4.00. The van der Waals surface area contributed by atoms with Crippen LogP contribution < -0.4 is 10.0 Å². The van der Waals surface area contributed by atoms with Gasteiger partial charge in [-0.2, -0.15) is 0 Å². The molecule has 0 radical (unpaired) electrons. The van der Waals surface area contributed by atoms with E-state index in [1.807, 2.05) is 6.92 Å². The number of rotatable bonds is 3. The van der Waals surface area contributed by atoms with Crippen molar-refractivity contribution in [2.24, 2.45) is 5.92 Å². The van der Waals surface area contributed by atoms with Gasteiger partial charge < -0.3 is 5.32 Å². The molecule has 1 heterocycles. The zero-order chi connectivity index (χ0) is 14.9. The van der Waals surface area contributed by atoms with E-state index < -0.39 is 38.4 Å². The predicted octanol–water partition coefficient (Wildman–Crippen LogP) is 1.38. The summed E-state index contributed by atoms with van der Waals surface area (Å²) in [5.41, 5.74) is 0. The highest BCUT2D eigenvalue weighted by atomic mass is 32.2. The van der Waals surface area contributed by atoms with Gasteiger partial charge in [-0.1, -0.05) is 6.92 Å². The van der Waals surface area contributed by atoms with Crippen LogP contribution in [-0.2, 0) is 10.0 Å². The molecule has 0 bridgehead atoms. The van der Waals surface area contributed by atoms with Crippen molar-refractivity contribution in [3.63, 3.8) is 0 Å². The Labute approximate surface area is 115 Å². The van der Waals surface area contributed by atoms with E-state index in [-0.39, 0.29) is 5.92 Å². The van der Waals surface area contributed by atoms with E-state index in [0.29, 0.717) is 18.7 Å². The molecule has 20 heavy (non-hydrogen) atoms. The molecule has 0 spiro atoms. The Balaban J connectivity index is 2.31. The Morgan fingerprint density at radius 3 is 2.40 bits per heavy atom. The van der Waals surface area contributed by atoms with Crippen LogP contribution in [0.3, 0.4) is 0 Å². The lowest BCUT2D eigenvalue weighted by Gasteiger charge is -2.30. The molecule has 0 saturated carbocycles. The summed E-state index contributed by atoms with van der Waals surface area (Å²) < 4.78 is 66.3. The van der Waals surface area contributed by atoms with Gasteiger partial charge in [-0.3, -0.25) is 0 Å². The molecule has 1 aliphatic rings. The number of benzene rings is 1. The Morgan fingerprint density at radius 1 is 1.25 bits per heavy atom. The van der Waals surface area contributed by atoms with Crippen LogP contribution in [0.25, 0.3) is 0 Å². The van der Waals surface area contributed by atoms with Crippen LogP contribution in [0.4, 0.5) is 13.2 Å². The van der Waals surface area contributed by atoms with Crippen molar-refractivity contribution in [2.75, 3.05) is 13.1 Å². The SMILES string of the molecule is C[C@@H]1CCNC[C@@H]1NS(=O)(=O)c1c(F)cc(F)cc1F. The average molecular weight is 308 g/mol. The third-order valence-electron chi connectivity index (χ3n) is 3.37. The highest BCUT2D eigenvalue weighted by molar-refractivity contribution is 7.89. The lowest BCUT2D eigenvalue weighted by Crippen LogP contribution is -2.50. The molecule has 0 aliphatic carbocycles. The number of hydrogen-bond donors (Lipinski definition) is 2. The maximum atomic E-state index is 13.5. The largest absolute Gasteiger partial charge is 0.315 e. The molecular formula is C12H15F3N2O2S. The fourth-order valence-corrected chi connectivity index (χ4v) is 3.65. The van der Waals surface area contributed by atoms with E-state index >= 15 is 0 Å². The molecule has 1 aromatic rings. The Kier molecular flexibility index (Phi) is 4.36.